The summed E-state index contributed by atoms with van der Waals surface area (Å²) in [4.78, 5) is 3.99. The number of hydrogen-bond acceptors (Lipinski definition) is 4. The fourth-order valence-corrected chi connectivity index (χ4v) is 1.41. The van der Waals surface area contributed by atoms with Crippen molar-refractivity contribution in [3.63, 3.8) is 0 Å². The van der Waals surface area contributed by atoms with E-state index in [1.807, 2.05) is 12.1 Å². The maximum atomic E-state index is 9.60. The minimum atomic E-state index is 0.241. The molecule has 0 amide bonds. The summed E-state index contributed by atoms with van der Waals surface area (Å²) in [5.41, 5.74) is 7.96. The van der Waals surface area contributed by atoms with Gasteiger partial charge in [0.05, 0.1) is 5.69 Å². The molecular formula is C12H13N3O. The Morgan fingerprint density at radius 2 is 2.19 bits per heavy atom. The number of phenols is 1. The van der Waals surface area contributed by atoms with Crippen LogP contribution in [-0.2, 0) is 6.54 Å². The number of nitrogens with zero attached hydrogens (tertiary/aromatic N) is 1. The lowest BCUT2D eigenvalue weighted by Crippen LogP contribution is -2.00. The van der Waals surface area contributed by atoms with Crippen LogP contribution in [0.1, 0.15) is 5.56 Å². The number of pyridine rings is 1. The van der Waals surface area contributed by atoms with Gasteiger partial charge in [0.15, 0.2) is 0 Å². The van der Waals surface area contributed by atoms with Crippen molar-refractivity contribution in [1.29, 1.82) is 0 Å². The molecule has 4 nitrogen and oxygen atoms in total. The van der Waals surface area contributed by atoms with Gasteiger partial charge in [-0.1, -0.05) is 0 Å². The molecule has 2 aromatic rings. The Morgan fingerprint density at radius 3 is 2.94 bits per heavy atom. The number of aromatic nitrogens is 1. The monoisotopic (exact) mass is 215 g/mol. The molecule has 2 rings (SSSR count). The summed E-state index contributed by atoms with van der Waals surface area (Å²) in [6.45, 7) is 0.516. The van der Waals surface area contributed by atoms with E-state index in [2.05, 4.69) is 10.3 Å². The zero-order chi connectivity index (χ0) is 11.4. The number of anilines is 2. The van der Waals surface area contributed by atoms with Crippen LogP contribution < -0.4 is 11.1 Å². The molecule has 0 saturated heterocycles. The first-order valence-electron chi connectivity index (χ1n) is 4.97. The normalized spacial score (nSPS) is 10.0. The van der Waals surface area contributed by atoms with Crippen LogP contribution in [-0.4, -0.2) is 10.1 Å². The highest BCUT2D eigenvalue weighted by Gasteiger charge is 2.01. The maximum Gasteiger partial charge on any atom is 0.120 e. The van der Waals surface area contributed by atoms with Gasteiger partial charge in [0.1, 0.15) is 5.75 Å². The fraction of sp³-hybridized carbons (Fsp3) is 0.0833. The second-order valence-electron chi connectivity index (χ2n) is 3.48. The SMILES string of the molecule is Nc1ccc(O)c(CNc2cccnc2)c1. The van der Waals surface area contributed by atoms with Gasteiger partial charge in [-0.3, -0.25) is 4.98 Å². The van der Waals surface area contributed by atoms with Gasteiger partial charge in [-0.05, 0) is 30.3 Å². The molecule has 0 fully saturated rings. The van der Waals surface area contributed by atoms with E-state index in [-0.39, 0.29) is 5.75 Å². The number of aromatic hydroxyl groups is 1. The van der Waals surface area contributed by atoms with Crippen molar-refractivity contribution in [2.75, 3.05) is 11.1 Å². The summed E-state index contributed by atoms with van der Waals surface area (Å²) >= 11 is 0. The van der Waals surface area contributed by atoms with Gasteiger partial charge in [0.25, 0.3) is 0 Å². The van der Waals surface area contributed by atoms with E-state index in [9.17, 15) is 5.11 Å². The van der Waals surface area contributed by atoms with E-state index in [1.54, 1.807) is 30.6 Å². The zero-order valence-electron chi connectivity index (χ0n) is 8.72. The van der Waals surface area contributed by atoms with Crippen molar-refractivity contribution >= 4 is 11.4 Å². The average Bonchev–Trinajstić information content (AvgIpc) is 2.32. The summed E-state index contributed by atoms with van der Waals surface area (Å²) in [5, 5.41) is 12.8. The lowest BCUT2D eigenvalue weighted by atomic mass is 10.2. The smallest absolute Gasteiger partial charge is 0.120 e. The van der Waals surface area contributed by atoms with Crippen molar-refractivity contribution in [3.05, 3.63) is 48.3 Å². The van der Waals surface area contributed by atoms with E-state index in [0.717, 1.165) is 11.3 Å². The number of benzene rings is 1. The summed E-state index contributed by atoms with van der Waals surface area (Å²) in [6, 6.07) is 8.77. The summed E-state index contributed by atoms with van der Waals surface area (Å²) in [6.07, 6.45) is 3.44. The van der Waals surface area contributed by atoms with Gasteiger partial charge in [0.2, 0.25) is 0 Å². The fourth-order valence-electron chi connectivity index (χ4n) is 1.41. The standard InChI is InChI=1S/C12H13N3O/c13-10-3-4-12(16)9(6-10)7-15-11-2-1-5-14-8-11/h1-6,8,15-16H,7,13H2. The second kappa shape index (κ2) is 4.53. The number of nitrogens with two attached hydrogens (primary N) is 1. The molecule has 0 bridgehead atoms. The third-order valence-corrected chi connectivity index (χ3v) is 2.25. The zero-order valence-corrected chi connectivity index (χ0v) is 8.72. The molecule has 0 aliphatic rings. The van der Waals surface area contributed by atoms with Gasteiger partial charge in [0, 0.05) is 30.2 Å². The van der Waals surface area contributed by atoms with Gasteiger partial charge < -0.3 is 16.2 Å². The Hall–Kier alpha value is -2.23. The third kappa shape index (κ3) is 2.42. The highest BCUT2D eigenvalue weighted by Crippen LogP contribution is 2.20. The maximum absolute atomic E-state index is 9.60. The van der Waals surface area contributed by atoms with Crippen molar-refractivity contribution < 1.29 is 5.11 Å². The Morgan fingerprint density at radius 1 is 1.31 bits per heavy atom. The third-order valence-electron chi connectivity index (χ3n) is 2.25. The topological polar surface area (TPSA) is 71.2 Å². The van der Waals surface area contributed by atoms with E-state index < -0.39 is 0 Å². The molecule has 1 aromatic heterocycles. The van der Waals surface area contributed by atoms with Gasteiger partial charge in [-0.15, -0.1) is 0 Å². The molecule has 82 valence electrons. The van der Waals surface area contributed by atoms with Crippen LogP contribution >= 0.6 is 0 Å². The largest absolute Gasteiger partial charge is 0.508 e. The first kappa shape index (κ1) is 10.3. The Labute approximate surface area is 93.8 Å². The molecular weight excluding hydrogens is 202 g/mol. The summed E-state index contributed by atoms with van der Waals surface area (Å²) < 4.78 is 0. The number of phenolic OH excluding ortho intramolecular Hbond substituents is 1. The molecule has 0 unspecified atom stereocenters. The van der Waals surface area contributed by atoms with Crippen molar-refractivity contribution in [1.82, 2.24) is 4.98 Å². The number of nitrogen functional groups attached to an aromatic ring is 1. The van der Waals surface area contributed by atoms with Crippen molar-refractivity contribution in [3.8, 4) is 5.75 Å². The molecule has 1 aromatic carbocycles. The molecule has 1 heterocycles. The lowest BCUT2D eigenvalue weighted by Gasteiger charge is -2.08. The van der Waals surface area contributed by atoms with Crippen molar-refractivity contribution in [2.45, 2.75) is 6.54 Å². The summed E-state index contributed by atoms with van der Waals surface area (Å²) in [5.74, 6) is 0.241. The Kier molecular flexibility index (Phi) is 2.91. The Bertz CT molecular complexity index is 471. The molecule has 0 radical (unpaired) electrons. The van der Waals surface area contributed by atoms with Gasteiger partial charge >= 0.3 is 0 Å². The number of rotatable bonds is 3. The Balaban J connectivity index is 2.08. The molecule has 4 heteroatoms. The number of hydrogen-bond donors (Lipinski definition) is 3. The molecule has 4 N–H and O–H groups in total. The number of nitrogens with one attached hydrogen (secondary N) is 1. The van der Waals surface area contributed by atoms with Gasteiger partial charge in [-0.2, -0.15) is 0 Å². The predicted octanol–water partition coefficient (Wildman–Crippen LogP) is 1.98. The van der Waals surface area contributed by atoms with E-state index in [0.29, 0.717) is 12.2 Å². The van der Waals surface area contributed by atoms with Crippen LogP contribution in [0.5, 0.6) is 5.75 Å². The van der Waals surface area contributed by atoms with Crippen LogP contribution in [0.3, 0.4) is 0 Å². The molecule has 16 heavy (non-hydrogen) atoms. The van der Waals surface area contributed by atoms with Crippen LogP contribution in [0.2, 0.25) is 0 Å². The van der Waals surface area contributed by atoms with Crippen LogP contribution in [0.15, 0.2) is 42.7 Å². The minimum absolute atomic E-state index is 0.241. The first-order chi connectivity index (χ1) is 7.75. The highest BCUT2D eigenvalue weighted by atomic mass is 16.3. The molecule has 0 atom stereocenters. The van der Waals surface area contributed by atoms with Crippen molar-refractivity contribution in [2.24, 2.45) is 0 Å². The van der Waals surface area contributed by atoms with Crippen LogP contribution in [0, 0.1) is 0 Å². The predicted molar refractivity (Wildman–Crippen MR) is 64.1 cm³/mol. The highest BCUT2D eigenvalue weighted by molar-refractivity contribution is 5.49. The quantitative estimate of drug-likeness (QED) is 0.541. The molecule has 0 spiro atoms. The molecule has 0 saturated carbocycles. The average molecular weight is 215 g/mol. The molecule has 0 aliphatic heterocycles. The van der Waals surface area contributed by atoms with Crippen LogP contribution in [0.25, 0.3) is 0 Å². The van der Waals surface area contributed by atoms with E-state index in [4.69, 9.17) is 5.73 Å². The minimum Gasteiger partial charge on any atom is -0.508 e. The first-order valence-corrected chi connectivity index (χ1v) is 4.97. The van der Waals surface area contributed by atoms with E-state index in [1.165, 1.54) is 0 Å². The molecule has 0 aliphatic carbocycles. The lowest BCUT2D eigenvalue weighted by molar-refractivity contribution is 0.469. The van der Waals surface area contributed by atoms with Crippen LogP contribution in [0.4, 0.5) is 11.4 Å². The van der Waals surface area contributed by atoms with E-state index >= 15 is 0 Å². The summed E-state index contributed by atoms with van der Waals surface area (Å²) in [7, 11) is 0. The second-order valence-corrected chi connectivity index (χ2v) is 3.48. The van der Waals surface area contributed by atoms with Gasteiger partial charge in [-0.25, -0.2) is 0 Å².